The second-order valence-corrected chi connectivity index (χ2v) is 5.30. The molecule has 1 unspecified atom stereocenters. The number of nitrogens with two attached hydrogens (primary N) is 1. The Morgan fingerprint density at radius 3 is 2.62 bits per heavy atom. The van der Waals surface area contributed by atoms with Gasteiger partial charge in [0, 0.05) is 0 Å². The van der Waals surface area contributed by atoms with Crippen LogP contribution in [0.1, 0.15) is 39.4 Å². The van der Waals surface area contributed by atoms with Crippen molar-refractivity contribution in [2.24, 2.45) is 5.73 Å². The molecule has 1 aromatic heterocycles. The Kier molecular flexibility index (Phi) is 5.66. The number of rotatable bonds is 4. The number of nitrogens with one attached hydrogen (secondary N) is 1. The number of pyridine rings is 1. The highest BCUT2D eigenvalue weighted by atomic mass is 16.6. The van der Waals surface area contributed by atoms with Crippen molar-refractivity contribution in [3.63, 3.8) is 0 Å². The van der Waals surface area contributed by atoms with Gasteiger partial charge in [0.15, 0.2) is 0 Å². The lowest BCUT2D eigenvalue weighted by Gasteiger charge is -2.19. The predicted molar refractivity (Wildman–Crippen MR) is 77.7 cm³/mol. The topological polar surface area (TPSA) is 104 Å². The molecule has 1 amide bonds. The molecule has 116 valence electrons. The maximum Gasteiger partial charge on any atom is 0.413 e. The molecule has 0 saturated carbocycles. The van der Waals surface area contributed by atoms with E-state index < -0.39 is 23.7 Å². The van der Waals surface area contributed by atoms with Crippen LogP contribution >= 0.6 is 0 Å². The first-order chi connectivity index (χ1) is 9.73. The van der Waals surface area contributed by atoms with Gasteiger partial charge in [-0.1, -0.05) is 6.07 Å². The van der Waals surface area contributed by atoms with E-state index in [2.05, 4.69) is 10.3 Å². The Morgan fingerprint density at radius 1 is 1.38 bits per heavy atom. The van der Waals surface area contributed by atoms with Gasteiger partial charge in [-0.25, -0.2) is 14.6 Å². The highest BCUT2D eigenvalue weighted by Gasteiger charge is 2.20. The molecular weight excluding hydrogens is 274 g/mol. The molecule has 1 rings (SSSR count). The number of aromatic nitrogens is 1. The number of hydrogen-bond donors (Lipinski definition) is 2. The fraction of sp³-hybridized carbons (Fsp3) is 0.500. The number of carbonyl (C=O) groups excluding carboxylic acids is 2. The van der Waals surface area contributed by atoms with Gasteiger partial charge >= 0.3 is 12.1 Å². The van der Waals surface area contributed by atoms with Crippen molar-refractivity contribution in [3.05, 3.63) is 23.9 Å². The van der Waals surface area contributed by atoms with Crippen molar-refractivity contribution in [1.29, 1.82) is 0 Å². The molecule has 0 aromatic carbocycles. The van der Waals surface area contributed by atoms with Crippen LogP contribution in [0.25, 0.3) is 0 Å². The fourth-order valence-electron chi connectivity index (χ4n) is 1.46. The first kappa shape index (κ1) is 16.9. The fourth-order valence-corrected chi connectivity index (χ4v) is 1.46. The molecule has 7 nitrogen and oxygen atoms in total. The van der Waals surface area contributed by atoms with Crippen LogP contribution in [-0.4, -0.2) is 29.3 Å². The monoisotopic (exact) mass is 295 g/mol. The largest absolute Gasteiger partial charge is 0.465 e. The summed E-state index contributed by atoms with van der Waals surface area (Å²) >= 11 is 0. The second-order valence-electron chi connectivity index (χ2n) is 5.30. The van der Waals surface area contributed by atoms with Crippen molar-refractivity contribution in [2.75, 3.05) is 11.9 Å². The minimum atomic E-state index is -0.995. The molecule has 0 aliphatic rings. The maximum absolute atomic E-state index is 11.6. The summed E-state index contributed by atoms with van der Waals surface area (Å²) in [5.41, 5.74) is 5.44. The molecular formula is C14H21N3O4. The van der Waals surface area contributed by atoms with Crippen LogP contribution in [0.2, 0.25) is 0 Å². The molecule has 1 aromatic rings. The Labute approximate surface area is 123 Å². The lowest BCUT2D eigenvalue weighted by atomic mass is 10.2. The van der Waals surface area contributed by atoms with Gasteiger partial charge in [-0.3, -0.25) is 5.32 Å². The van der Waals surface area contributed by atoms with E-state index in [9.17, 15) is 9.59 Å². The summed E-state index contributed by atoms with van der Waals surface area (Å²) in [6, 6.07) is 3.80. The van der Waals surface area contributed by atoms with Gasteiger partial charge in [-0.05, 0) is 39.8 Å². The van der Waals surface area contributed by atoms with Crippen molar-refractivity contribution in [3.8, 4) is 0 Å². The standard InChI is InChI=1S/C14H21N3O4/c1-5-20-12(18)11(15)9-7-6-8-10(16-9)17-13(19)21-14(2,3)4/h6-8,11H,5,15H2,1-4H3,(H,16,17,19). The second kappa shape index (κ2) is 7.03. The highest BCUT2D eigenvalue weighted by Crippen LogP contribution is 2.14. The molecule has 0 fully saturated rings. The van der Waals surface area contributed by atoms with Crippen LogP contribution in [0.5, 0.6) is 0 Å². The normalized spacial score (nSPS) is 12.4. The molecule has 0 aliphatic heterocycles. The lowest BCUT2D eigenvalue weighted by Crippen LogP contribution is -2.28. The Hall–Kier alpha value is -2.15. The summed E-state index contributed by atoms with van der Waals surface area (Å²) in [5, 5.41) is 2.48. The van der Waals surface area contributed by atoms with Crippen molar-refractivity contribution < 1.29 is 19.1 Å². The third kappa shape index (κ3) is 5.78. The van der Waals surface area contributed by atoms with Gasteiger partial charge in [0.1, 0.15) is 17.5 Å². The summed E-state index contributed by atoms with van der Waals surface area (Å²) in [6.07, 6.45) is -0.628. The van der Waals surface area contributed by atoms with Gasteiger partial charge in [0.2, 0.25) is 0 Å². The summed E-state index contributed by atoms with van der Waals surface area (Å²) in [5.74, 6) is -0.319. The molecule has 21 heavy (non-hydrogen) atoms. The molecule has 1 atom stereocenters. The highest BCUT2D eigenvalue weighted by molar-refractivity contribution is 5.84. The van der Waals surface area contributed by atoms with E-state index >= 15 is 0 Å². The van der Waals surface area contributed by atoms with Gasteiger partial charge in [0.05, 0.1) is 12.3 Å². The van der Waals surface area contributed by atoms with Crippen molar-refractivity contribution >= 4 is 17.9 Å². The number of esters is 1. The van der Waals surface area contributed by atoms with Crippen LogP contribution in [0, 0.1) is 0 Å². The van der Waals surface area contributed by atoms with E-state index in [0.717, 1.165) is 0 Å². The number of carbonyl (C=O) groups is 2. The zero-order valence-corrected chi connectivity index (χ0v) is 12.7. The van der Waals surface area contributed by atoms with E-state index in [0.29, 0.717) is 5.69 Å². The van der Waals surface area contributed by atoms with Crippen molar-refractivity contribution in [1.82, 2.24) is 4.98 Å². The van der Waals surface area contributed by atoms with Crippen LogP contribution in [-0.2, 0) is 14.3 Å². The van der Waals surface area contributed by atoms with E-state index in [1.54, 1.807) is 45.9 Å². The van der Waals surface area contributed by atoms with Crippen LogP contribution in [0.4, 0.5) is 10.6 Å². The Morgan fingerprint density at radius 2 is 2.05 bits per heavy atom. The maximum atomic E-state index is 11.6. The van der Waals surface area contributed by atoms with E-state index in [1.165, 1.54) is 0 Å². The minimum Gasteiger partial charge on any atom is -0.465 e. The number of anilines is 1. The SMILES string of the molecule is CCOC(=O)C(N)c1cccc(NC(=O)OC(C)(C)C)n1. The van der Waals surface area contributed by atoms with E-state index in [-0.39, 0.29) is 12.4 Å². The average molecular weight is 295 g/mol. The van der Waals surface area contributed by atoms with Gasteiger partial charge < -0.3 is 15.2 Å². The zero-order valence-electron chi connectivity index (χ0n) is 12.7. The summed E-state index contributed by atoms with van der Waals surface area (Å²) in [6.45, 7) is 7.20. The molecule has 0 spiro atoms. The third-order valence-electron chi connectivity index (χ3n) is 2.26. The molecule has 0 radical (unpaired) electrons. The third-order valence-corrected chi connectivity index (χ3v) is 2.26. The number of hydrogen-bond acceptors (Lipinski definition) is 6. The van der Waals surface area contributed by atoms with Gasteiger partial charge in [-0.2, -0.15) is 0 Å². The van der Waals surface area contributed by atoms with E-state index in [4.69, 9.17) is 15.2 Å². The average Bonchev–Trinajstić information content (AvgIpc) is 2.36. The van der Waals surface area contributed by atoms with E-state index in [1.807, 2.05) is 0 Å². The number of amides is 1. The first-order valence-electron chi connectivity index (χ1n) is 6.62. The predicted octanol–water partition coefficient (Wildman–Crippen LogP) is 1.99. The van der Waals surface area contributed by atoms with Gasteiger partial charge in [-0.15, -0.1) is 0 Å². The quantitative estimate of drug-likeness (QED) is 0.823. The Balaban J connectivity index is 2.77. The number of nitrogens with zero attached hydrogens (tertiary/aromatic N) is 1. The summed E-state index contributed by atoms with van der Waals surface area (Å²) in [4.78, 5) is 27.3. The first-order valence-corrected chi connectivity index (χ1v) is 6.62. The lowest BCUT2D eigenvalue weighted by molar-refractivity contribution is -0.144. The van der Waals surface area contributed by atoms with Crippen LogP contribution in [0.15, 0.2) is 18.2 Å². The van der Waals surface area contributed by atoms with Gasteiger partial charge in [0.25, 0.3) is 0 Å². The minimum absolute atomic E-state index is 0.238. The zero-order chi connectivity index (χ0) is 16.0. The number of ether oxygens (including phenoxy) is 2. The molecule has 0 saturated heterocycles. The smallest absolute Gasteiger partial charge is 0.413 e. The van der Waals surface area contributed by atoms with Crippen molar-refractivity contribution in [2.45, 2.75) is 39.3 Å². The molecule has 1 heterocycles. The molecule has 0 aliphatic carbocycles. The molecule has 3 N–H and O–H groups in total. The molecule has 7 heteroatoms. The Bertz CT molecular complexity index is 511. The summed E-state index contributed by atoms with van der Waals surface area (Å²) in [7, 11) is 0. The molecule has 0 bridgehead atoms. The van der Waals surface area contributed by atoms with Crippen LogP contribution in [0.3, 0.4) is 0 Å². The van der Waals surface area contributed by atoms with Crippen LogP contribution < -0.4 is 11.1 Å². The summed E-state index contributed by atoms with van der Waals surface area (Å²) < 4.78 is 9.94.